The van der Waals surface area contributed by atoms with Gasteiger partial charge in [0.2, 0.25) is 5.91 Å². The maximum absolute atomic E-state index is 13.2. The second kappa shape index (κ2) is 5.96. The van der Waals surface area contributed by atoms with Crippen LogP contribution in [-0.2, 0) is 18.9 Å². The zero-order valence-corrected chi connectivity index (χ0v) is 15.4. The zero-order valence-electron chi connectivity index (χ0n) is 15.4. The molecule has 2 amide bonds. The molecule has 2 aromatic rings. The Kier molecular flexibility index (Phi) is 3.86. The summed E-state index contributed by atoms with van der Waals surface area (Å²) in [6.07, 6.45) is 5.12. The summed E-state index contributed by atoms with van der Waals surface area (Å²) in [5, 5.41) is 8.39. The maximum Gasteiger partial charge on any atom is 0.272 e. The minimum atomic E-state index is -0.574. The van der Waals surface area contributed by atoms with E-state index in [0.29, 0.717) is 18.8 Å². The van der Waals surface area contributed by atoms with Gasteiger partial charge in [0, 0.05) is 64.8 Å². The maximum atomic E-state index is 13.2. The van der Waals surface area contributed by atoms with E-state index in [0.717, 1.165) is 25.1 Å². The van der Waals surface area contributed by atoms with Gasteiger partial charge in [-0.15, -0.1) is 0 Å². The molecular weight excluding hydrogens is 332 g/mol. The first-order valence-electron chi connectivity index (χ1n) is 8.95. The van der Waals surface area contributed by atoms with Gasteiger partial charge in [0.1, 0.15) is 5.69 Å². The van der Waals surface area contributed by atoms with Gasteiger partial charge < -0.3 is 9.80 Å². The normalized spacial score (nSPS) is 26.1. The van der Waals surface area contributed by atoms with Crippen LogP contribution < -0.4 is 0 Å². The number of hydrogen-bond donors (Lipinski definition) is 0. The summed E-state index contributed by atoms with van der Waals surface area (Å²) in [4.78, 5) is 29.9. The number of rotatable bonds is 2. The number of aromatic nitrogens is 4. The Labute approximate surface area is 152 Å². The van der Waals surface area contributed by atoms with Crippen LogP contribution in [0.3, 0.4) is 0 Å². The SMILES string of the molecule is CN1CCC[C@]2(CN(C(=O)c3ccnn3C)C[C@H]2c2ccnn2C)C1=O. The van der Waals surface area contributed by atoms with Gasteiger partial charge in [0.15, 0.2) is 0 Å². The lowest BCUT2D eigenvalue weighted by Gasteiger charge is -2.40. The Bertz CT molecular complexity index is 855. The monoisotopic (exact) mass is 356 g/mol. The second-order valence-electron chi connectivity index (χ2n) is 7.44. The molecule has 26 heavy (non-hydrogen) atoms. The molecule has 138 valence electrons. The van der Waals surface area contributed by atoms with Gasteiger partial charge in [-0.05, 0) is 25.0 Å². The zero-order chi connectivity index (χ0) is 18.5. The molecule has 8 heteroatoms. The van der Waals surface area contributed by atoms with Crippen molar-refractivity contribution in [1.29, 1.82) is 0 Å². The van der Waals surface area contributed by atoms with Crippen molar-refractivity contribution >= 4 is 11.8 Å². The summed E-state index contributed by atoms with van der Waals surface area (Å²) < 4.78 is 3.41. The van der Waals surface area contributed by atoms with Crippen molar-refractivity contribution in [3.8, 4) is 0 Å². The third kappa shape index (κ3) is 2.35. The Balaban J connectivity index is 1.74. The van der Waals surface area contributed by atoms with Gasteiger partial charge in [-0.25, -0.2) is 0 Å². The van der Waals surface area contributed by atoms with E-state index in [1.807, 2.05) is 34.6 Å². The predicted molar refractivity (Wildman–Crippen MR) is 94.4 cm³/mol. The van der Waals surface area contributed by atoms with E-state index < -0.39 is 5.41 Å². The van der Waals surface area contributed by atoms with Gasteiger partial charge in [-0.2, -0.15) is 10.2 Å². The topological polar surface area (TPSA) is 76.3 Å². The minimum Gasteiger partial charge on any atom is -0.345 e. The second-order valence-corrected chi connectivity index (χ2v) is 7.44. The van der Waals surface area contributed by atoms with Crippen LogP contribution >= 0.6 is 0 Å². The largest absolute Gasteiger partial charge is 0.345 e. The third-order valence-corrected chi connectivity index (χ3v) is 5.98. The van der Waals surface area contributed by atoms with Crippen molar-refractivity contribution in [2.45, 2.75) is 18.8 Å². The molecule has 2 fully saturated rings. The third-order valence-electron chi connectivity index (χ3n) is 5.98. The lowest BCUT2D eigenvalue weighted by Crippen LogP contribution is -2.51. The fraction of sp³-hybridized carbons (Fsp3) is 0.556. The van der Waals surface area contributed by atoms with Crippen molar-refractivity contribution < 1.29 is 9.59 Å². The number of nitrogens with zero attached hydrogens (tertiary/aromatic N) is 6. The van der Waals surface area contributed by atoms with Crippen molar-refractivity contribution in [2.24, 2.45) is 19.5 Å². The van der Waals surface area contributed by atoms with Crippen LogP contribution in [0.4, 0.5) is 0 Å². The van der Waals surface area contributed by atoms with Crippen molar-refractivity contribution in [3.05, 3.63) is 35.9 Å². The van der Waals surface area contributed by atoms with E-state index in [9.17, 15) is 9.59 Å². The summed E-state index contributed by atoms with van der Waals surface area (Å²) in [6.45, 7) is 1.73. The number of likely N-dealkylation sites (tertiary alicyclic amines) is 2. The molecule has 2 atom stereocenters. The summed E-state index contributed by atoms with van der Waals surface area (Å²) in [7, 11) is 5.51. The number of piperidine rings is 1. The van der Waals surface area contributed by atoms with Crippen molar-refractivity contribution in [1.82, 2.24) is 29.4 Å². The molecule has 4 rings (SSSR count). The Morgan fingerprint density at radius 1 is 1.15 bits per heavy atom. The Hall–Kier alpha value is -2.64. The first-order valence-corrected chi connectivity index (χ1v) is 8.95. The number of aryl methyl sites for hydroxylation is 2. The summed E-state index contributed by atoms with van der Waals surface area (Å²) in [5.41, 5.74) is 0.978. The first-order chi connectivity index (χ1) is 12.4. The van der Waals surface area contributed by atoms with Gasteiger partial charge >= 0.3 is 0 Å². The van der Waals surface area contributed by atoms with Crippen LogP contribution in [0.25, 0.3) is 0 Å². The Morgan fingerprint density at radius 3 is 2.54 bits per heavy atom. The lowest BCUT2D eigenvalue weighted by atomic mass is 9.70. The number of amides is 2. The number of hydrogen-bond acceptors (Lipinski definition) is 4. The molecule has 0 aliphatic carbocycles. The van der Waals surface area contributed by atoms with Gasteiger partial charge in [-0.3, -0.25) is 19.0 Å². The van der Waals surface area contributed by atoms with Crippen LogP contribution in [0.15, 0.2) is 24.5 Å². The molecular formula is C18H24N6O2. The molecule has 2 aliphatic heterocycles. The van der Waals surface area contributed by atoms with Gasteiger partial charge in [-0.1, -0.05) is 0 Å². The van der Waals surface area contributed by atoms with Crippen LogP contribution in [-0.4, -0.2) is 67.9 Å². The molecule has 2 aromatic heterocycles. The fourth-order valence-corrected chi connectivity index (χ4v) is 4.60. The van der Waals surface area contributed by atoms with Crippen LogP contribution in [0.2, 0.25) is 0 Å². The Morgan fingerprint density at radius 2 is 1.88 bits per heavy atom. The summed E-state index contributed by atoms with van der Waals surface area (Å²) >= 11 is 0. The van der Waals surface area contributed by atoms with E-state index in [1.165, 1.54) is 0 Å². The smallest absolute Gasteiger partial charge is 0.272 e. The molecule has 0 bridgehead atoms. The highest BCUT2D eigenvalue weighted by atomic mass is 16.2. The molecule has 2 aliphatic rings. The fourth-order valence-electron chi connectivity index (χ4n) is 4.60. The van der Waals surface area contributed by atoms with Crippen molar-refractivity contribution in [3.63, 3.8) is 0 Å². The highest BCUT2D eigenvalue weighted by Gasteiger charge is 2.56. The average molecular weight is 356 g/mol. The molecule has 8 nitrogen and oxygen atoms in total. The average Bonchev–Trinajstić information content (AvgIpc) is 3.31. The standard InChI is InChI=1S/C18H24N6O2/c1-21-10-4-7-18(17(21)26)12-24(16(25)15-6-9-20-23(15)3)11-13(18)14-5-8-19-22(14)2/h5-6,8-9,13H,4,7,10-12H2,1-3H3/t13-,18+/m0/s1. The molecule has 0 N–H and O–H groups in total. The predicted octanol–water partition coefficient (Wildman–Crippen LogP) is 0.632. The highest BCUT2D eigenvalue weighted by Crippen LogP contribution is 2.49. The minimum absolute atomic E-state index is 0.0533. The molecule has 0 unspecified atom stereocenters. The summed E-state index contributed by atoms with van der Waals surface area (Å²) in [5.74, 6) is 0.00718. The van der Waals surface area contributed by atoms with E-state index in [1.54, 1.807) is 30.2 Å². The number of carbonyl (C=O) groups is 2. The van der Waals surface area contributed by atoms with Crippen LogP contribution in [0, 0.1) is 5.41 Å². The van der Waals surface area contributed by atoms with E-state index >= 15 is 0 Å². The molecule has 2 saturated heterocycles. The van der Waals surface area contributed by atoms with Crippen LogP contribution in [0.5, 0.6) is 0 Å². The molecule has 0 radical (unpaired) electrons. The van der Waals surface area contributed by atoms with Crippen molar-refractivity contribution in [2.75, 3.05) is 26.7 Å². The molecule has 0 aromatic carbocycles. The van der Waals surface area contributed by atoms with E-state index in [4.69, 9.17) is 0 Å². The quantitative estimate of drug-likeness (QED) is 0.791. The molecule has 4 heterocycles. The number of carbonyl (C=O) groups excluding carboxylic acids is 2. The first kappa shape index (κ1) is 16.8. The summed E-state index contributed by atoms with van der Waals surface area (Å²) in [6, 6.07) is 3.69. The lowest BCUT2D eigenvalue weighted by molar-refractivity contribution is -0.144. The van der Waals surface area contributed by atoms with Crippen LogP contribution in [0.1, 0.15) is 34.9 Å². The highest BCUT2D eigenvalue weighted by molar-refractivity contribution is 5.94. The van der Waals surface area contributed by atoms with E-state index in [-0.39, 0.29) is 17.7 Å². The molecule has 0 saturated carbocycles. The molecule has 1 spiro atoms. The van der Waals surface area contributed by atoms with Gasteiger partial charge in [0.05, 0.1) is 5.41 Å². The van der Waals surface area contributed by atoms with Gasteiger partial charge in [0.25, 0.3) is 5.91 Å². The van der Waals surface area contributed by atoms with E-state index in [2.05, 4.69) is 10.2 Å².